The second-order valence-corrected chi connectivity index (χ2v) is 3.73. The van der Waals surface area contributed by atoms with Crippen LogP contribution in [0.2, 0.25) is 0 Å². The van der Waals surface area contributed by atoms with Gasteiger partial charge in [0.05, 0.1) is 11.9 Å². The number of hydrogen-bond acceptors (Lipinski definition) is 3. The second-order valence-electron chi connectivity index (χ2n) is 3.73. The highest BCUT2D eigenvalue weighted by atomic mass is 16.4. The average molecular weight is 157 g/mol. The van der Waals surface area contributed by atoms with Crippen LogP contribution in [-0.4, -0.2) is 11.8 Å². The summed E-state index contributed by atoms with van der Waals surface area (Å²) >= 11 is 0. The van der Waals surface area contributed by atoms with E-state index in [0.717, 1.165) is 0 Å². The molecule has 1 atom stereocenters. The molecule has 64 valence electrons. The van der Waals surface area contributed by atoms with E-state index in [-0.39, 0.29) is 5.78 Å². The van der Waals surface area contributed by atoms with Gasteiger partial charge in [-0.25, -0.2) is 0 Å². The Morgan fingerprint density at radius 1 is 1.27 bits per heavy atom. The predicted molar refractivity (Wildman–Crippen MR) is 38.6 cm³/mol. The van der Waals surface area contributed by atoms with Crippen molar-refractivity contribution in [3.63, 3.8) is 0 Å². The molecule has 0 saturated carbocycles. The number of carbonyl (C=O) groups is 2. The van der Waals surface area contributed by atoms with Gasteiger partial charge >= 0.3 is 0 Å². The maximum Gasteiger partial charge on any atom is 0.139 e. The molecule has 0 spiro atoms. The van der Waals surface area contributed by atoms with Gasteiger partial charge in [0.25, 0.3) is 0 Å². The molecule has 0 aromatic heterocycles. The number of ketones is 1. The minimum atomic E-state index is -1.29. The summed E-state index contributed by atoms with van der Waals surface area (Å²) in [5.41, 5.74) is -0.551. The lowest BCUT2D eigenvalue weighted by molar-refractivity contribution is -0.312. The van der Waals surface area contributed by atoms with Gasteiger partial charge in [0.1, 0.15) is 5.78 Å². The highest BCUT2D eigenvalue weighted by Gasteiger charge is 2.29. The van der Waals surface area contributed by atoms with Gasteiger partial charge in [-0.15, -0.1) is 0 Å². The van der Waals surface area contributed by atoms with Crippen molar-refractivity contribution in [3.05, 3.63) is 0 Å². The van der Waals surface area contributed by atoms with E-state index in [1.807, 2.05) is 0 Å². The molecule has 0 saturated heterocycles. The maximum absolute atomic E-state index is 10.8. The fourth-order valence-corrected chi connectivity index (χ4v) is 1.13. The number of carboxylic acids is 1. The Morgan fingerprint density at radius 3 is 1.64 bits per heavy atom. The molecule has 0 heterocycles. The molecule has 0 N–H and O–H groups in total. The minimum absolute atomic E-state index is 0.350. The fraction of sp³-hybridized carbons (Fsp3) is 0.750. The number of aliphatic carboxylic acids is 1. The summed E-state index contributed by atoms with van der Waals surface area (Å²) in [6.07, 6.45) is 0. The van der Waals surface area contributed by atoms with E-state index >= 15 is 0 Å². The first-order valence-electron chi connectivity index (χ1n) is 3.48. The molecule has 0 fully saturated rings. The van der Waals surface area contributed by atoms with Gasteiger partial charge in [0, 0.05) is 0 Å². The van der Waals surface area contributed by atoms with Crippen molar-refractivity contribution < 1.29 is 14.7 Å². The van der Waals surface area contributed by atoms with Crippen molar-refractivity contribution in [3.8, 4) is 0 Å². The largest absolute Gasteiger partial charge is 0.549 e. The molecule has 1 unspecified atom stereocenters. The number of Topliss-reactive ketones (excluding diaryl/α,β-unsaturated/α-hetero) is 1. The van der Waals surface area contributed by atoms with Crippen LogP contribution < -0.4 is 5.11 Å². The summed E-state index contributed by atoms with van der Waals surface area (Å²) < 4.78 is 0. The van der Waals surface area contributed by atoms with Crippen molar-refractivity contribution in [2.45, 2.75) is 27.7 Å². The zero-order valence-corrected chi connectivity index (χ0v) is 7.30. The number of carboxylic acid groups (broad SMARTS) is 1. The Morgan fingerprint density at radius 2 is 1.64 bits per heavy atom. The summed E-state index contributed by atoms with van der Waals surface area (Å²) in [4.78, 5) is 21.3. The highest BCUT2D eigenvalue weighted by molar-refractivity contribution is 5.96. The molecule has 0 rings (SSSR count). The topological polar surface area (TPSA) is 57.2 Å². The van der Waals surface area contributed by atoms with E-state index in [2.05, 4.69) is 0 Å². The quantitative estimate of drug-likeness (QED) is 0.529. The van der Waals surface area contributed by atoms with E-state index in [4.69, 9.17) is 0 Å². The Balaban J connectivity index is 4.63. The Labute approximate surface area is 66.4 Å². The van der Waals surface area contributed by atoms with Crippen molar-refractivity contribution in [1.82, 2.24) is 0 Å². The van der Waals surface area contributed by atoms with Gasteiger partial charge in [-0.05, 0) is 12.3 Å². The van der Waals surface area contributed by atoms with Gasteiger partial charge in [0.2, 0.25) is 0 Å². The van der Waals surface area contributed by atoms with Crippen molar-refractivity contribution in [2.24, 2.45) is 11.3 Å². The summed E-state index contributed by atoms with van der Waals surface area (Å²) in [7, 11) is 0. The molecule has 0 amide bonds. The van der Waals surface area contributed by atoms with E-state index in [0.29, 0.717) is 0 Å². The number of hydrogen-bond donors (Lipinski definition) is 0. The minimum Gasteiger partial charge on any atom is -0.549 e. The zero-order valence-electron chi connectivity index (χ0n) is 7.30. The van der Waals surface area contributed by atoms with E-state index in [1.165, 1.54) is 6.92 Å². The lowest BCUT2D eigenvalue weighted by Gasteiger charge is -2.28. The lowest BCUT2D eigenvalue weighted by Crippen LogP contribution is -2.42. The fourth-order valence-electron chi connectivity index (χ4n) is 1.13. The molecule has 0 bridgehead atoms. The molecule has 3 heteroatoms. The molecule has 0 aromatic rings. The molecule has 3 nitrogen and oxygen atoms in total. The molecule has 0 aliphatic heterocycles. The molecular weight excluding hydrogens is 144 g/mol. The van der Waals surface area contributed by atoms with Crippen LogP contribution in [0, 0.1) is 11.3 Å². The average Bonchev–Trinajstić information content (AvgIpc) is 1.54. The lowest BCUT2D eigenvalue weighted by atomic mass is 9.78. The maximum atomic E-state index is 10.8. The van der Waals surface area contributed by atoms with Crippen molar-refractivity contribution >= 4 is 11.8 Å². The highest BCUT2D eigenvalue weighted by Crippen LogP contribution is 2.25. The standard InChI is InChI=1S/C8H14O3/c1-5(9)6(7(10)11)8(2,3)4/h6H,1-4H3,(H,10,11)/p-1. The van der Waals surface area contributed by atoms with Gasteiger partial charge in [-0.2, -0.15) is 0 Å². The molecule has 0 radical (unpaired) electrons. The van der Waals surface area contributed by atoms with Crippen molar-refractivity contribution in [2.75, 3.05) is 0 Å². The van der Waals surface area contributed by atoms with Gasteiger partial charge in [0.15, 0.2) is 0 Å². The first kappa shape index (κ1) is 10.1. The Bertz CT molecular complexity index is 162. The van der Waals surface area contributed by atoms with Gasteiger partial charge in [-0.3, -0.25) is 4.79 Å². The van der Waals surface area contributed by atoms with Crippen LogP contribution in [0.4, 0.5) is 0 Å². The third kappa shape index (κ3) is 2.70. The van der Waals surface area contributed by atoms with Crippen LogP contribution in [0.1, 0.15) is 27.7 Å². The predicted octanol–water partition coefficient (Wildman–Crippen LogP) is -0.0124. The van der Waals surface area contributed by atoms with Crippen LogP contribution in [-0.2, 0) is 9.59 Å². The summed E-state index contributed by atoms with van der Waals surface area (Å²) in [5, 5.41) is 10.5. The van der Waals surface area contributed by atoms with E-state index in [9.17, 15) is 14.7 Å². The summed E-state index contributed by atoms with van der Waals surface area (Å²) in [5.74, 6) is -2.63. The Hall–Kier alpha value is -0.860. The smallest absolute Gasteiger partial charge is 0.139 e. The zero-order chi connectivity index (χ0) is 9.23. The van der Waals surface area contributed by atoms with Gasteiger partial charge < -0.3 is 9.90 Å². The molecular formula is C8H13O3-. The van der Waals surface area contributed by atoms with Crippen molar-refractivity contribution in [1.29, 1.82) is 0 Å². The van der Waals surface area contributed by atoms with Crippen LogP contribution in [0.3, 0.4) is 0 Å². The monoisotopic (exact) mass is 157 g/mol. The van der Waals surface area contributed by atoms with Crippen LogP contribution in [0.15, 0.2) is 0 Å². The van der Waals surface area contributed by atoms with Crippen LogP contribution in [0.25, 0.3) is 0 Å². The van der Waals surface area contributed by atoms with E-state index < -0.39 is 17.3 Å². The normalized spacial score (nSPS) is 14.2. The van der Waals surface area contributed by atoms with Gasteiger partial charge in [-0.1, -0.05) is 20.8 Å². The third-order valence-corrected chi connectivity index (χ3v) is 1.51. The number of rotatable bonds is 2. The SMILES string of the molecule is CC(=O)C(C(=O)[O-])C(C)(C)C. The third-order valence-electron chi connectivity index (χ3n) is 1.51. The number of carbonyl (C=O) groups excluding carboxylic acids is 2. The van der Waals surface area contributed by atoms with Crippen LogP contribution >= 0.6 is 0 Å². The Kier molecular flexibility index (Phi) is 2.79. The molecule has 0 aliphatic carbocycles. The summed E-state index contributed by atoms with van der Waals surface area (Å²) in [6.45, 7) is 6.38. The van der Waals surface area contributed by atoms with E-state index in [1.54, 1.807) is 20.8 Å². The first-order valence-corrected chi connectivity index (χ1v) is 3.48. The summed E-state index contributed by atoms with van der Waals surface area (Å²) in [6, 6.07) is 0. The van der Waals surface area contributed by atoms with Crippen LogP contribution in [0.5, 0.6) is 0 Å². The molecule has 11 heavy (non-hydrogen) atoms. The first-order chi connectivity index (χ1) is 4.76. The second kappa shape index (κ2) is 3.03. The molecule has 0 aliphatic rings. The molecule has 0 aromatic carbocycles.